The van der Waals surface area contributed by atoms with Crippen molar-refractivity contribution in [1.29, 1.82) is 0 Å². The summed E-state index contributed by atoms with van der Waals surface area (Å²) in [5, 5.41) is 0.349. The molecule has 0 saturated heterocycles. The van der Waals surface area contributed by atoms with Gasteiger partial charge in [0, 0.05) is 14.4 Å². The van der Waals surface area contributed by atoms with E-state index in [4.69, 9.17) is 11.6 Å². The van der Waals surface area contributed by atoms with Gasteiger partial charge in [-0.25, -0.2) is 4.39 Å². The van der Waals surface area contributed by atoms with Crippen LogP contribution in [0.1, 0.15) is 20.1 Å². The number of ketones is 1. The van der Waals surface area contributed by atoms with E-state index in [0.717, 1.165) is 9.35 Å². The van der Waals surface area contributed by atoms with Gasteiger partial charge in [-0.15, -0.1) is 11.3 Å². The van der Waals surface area contributed by atoms with Crippen LogP contribution in [0.4, 0.5) is 4.39 Å². The molecule has 1 aromatic carbocycles. The molecule has 1 aromatic heterocycles. The fourth-order valence-corrected chi connectivity index (χ4v) is 3.04. The first-order valence-corrected chi connectivity index (χ1v) is 6.73. The monoisotopic (exact) mass is 332 g/mol. The highest BCUT2D eigenvalue weighted by Gasteiger charge is 2.17. The lowest BCUT2D eigenvalue weighted by Gasteiger charge is -2.00. The van der Waals surface area contributed by atoms with Gasteiger partial charge < -0.3 is 0 Å². The number of aryl methyl sites for hydroxylation is 1. The van der Waals surface area contributed by atoms with E-state index >= 15 is 0 Å². The normalized spacial score (nSPS) is 10.6. The van der Waals surface area contributed by atoms with Gasteiger partial charge >= 0.3 is 0 Å². The lowest BCUT2D eigenvalue weighted by molar-refractivity contribution is 0.103. The fraction of sp³-hybridized carbons (Fsp3) is 0.0833. The number of hydrogen-bond acceptors (Lipinski definition) is 2. The highest BCUT2D eigenvalue weighted by molar-refractivity contribution is 9.10. The van der Waals surface area contributed by atoms with E-state index in [1.807, 2.05) is 6.92 Å². The Morgan fingerprint density at radius 1 is 1.41 bits per heavy atom. The van der Waals surface area contributed by atoms with Crippen LogP contribution in [0, 0.1) is 12.7 Å². The van der Waals surface area contributed by atoms with Gasteiger partial charge in [-0.3, -0.25) is 4.79 Å². The van der Waals surface area contributed by atoms with E-state index in [9.17, 15) is 9.18 Å². The molecule has 0 aliphatic rings. The summed E-state index contributed by atoms with van der Waals surface area (Å²) in [6, 6.07) is 5.67. The highest BCUT2D eigenvalue weighted by atomic mass is 79.9. The quantitative estimate of drug-likeness (QED) is 0.719. The van der Waals surface area contributed by atoms with E-state index in [2.05, 4.69) is 15.9 Å². The lowest BCUT2D eigenvalue weighted by Crippen LogP contribution is -2.01. The van der Waals surface area contributed by atoms with Gasteiger partial charge in [-0.05, 0) is 47.1 Å². The topological polar surface area (TPSA) is 17.1 Å². The van der Waals surface area contributed by atoms with Gasteiger partial charge in [-0.1, -0.05) is 11.6 Å². The Hall–Kier alpha value is -0.710. The molecule has 17 heavy (non-hydrogen) atoms. The third kappa shape index (κ3) is 2.59. The summed E-state index contributed by atoms with van der Waals surface area (Å²) >= 11 is 10.4. The third-order valence-electron chi connectivity index (χ3n) is 2.25. The van der Waals surface area contributed by atoms with Crippen molar-refractivity contribution in [3.8, 4) is 0 Å². The molecule has 0 atom stereocenters. The molecule has 0 unspecified atom stereocenters. The first-order chi connectivity index (χ1) is 7.99. The van der Waals surface area contributed by atoms with Gasteiger partial charge in [0.25, 0.3) is 0 Å². The number of thiophene rings is 1. The van der Waals surface area contributed by atoms with Crippen molar-refractivity contribution in [2.45, 2.75) is 6.92 Å². The molecular formula is C12H7BrClFOS. The predicted octanol–water partition coefficient (Wildman–Crippen LogP) is 4.84. The van der Waals surface area contributed by atoms with Crippen molar-refractivity contribution in [2.24, 2.45) is 0 Å². The molecule has 0 saturated carbocycles. The standard InChI is InChI=1S/C12H7BrClFOS/c1-6-9(13)5-11(17-6)12(16)8-4-7(14)2-3-10(8)15/h2-5H,1H3. The Morgan fingerprint density at radius 2 is 2.12 bits per heavy atom. The third-order valence-corrected chi connectivity index (χ3v) is 4.62. The van der Waals surface area contributed by atoms with Crippen LogP contribution in [-0.4, -0.2) is 5.78 Å². The maximum atomic E-state index is 13.5. The molecule has 5 heteroatoms. The maximum absolute atomic E-state index is 13.5. The van der Waals surface area contributed by atoms with Crippen LogP contribution >= 0.6 is 38.9 Å². The molecule has 0 amide bonds. The van der Waals surface area contributed by atoms with Crippen molar-refractivity contribution < 1.29 is 9.18 Å². The van der Waals surface area contributed by atoms with Gasteiger partial charge in [-0.2, -0.15) is 0 Å². The molecule has 2 aromatic rings. The average Bonchev–Trinajstić information content (AvgIpc) is 2.62. The van der Waals surface area contributed by atoms with Crippen molar-refractivity contribution in [3.63, 3.8) is 0 Å². The van der Waals surface area contributed by atoms with Gasteiger partial charge in [0.05, 0.1) is 10.4 Å². The van der Waals surface area contributed by atoms with Crippen LogP contribution in [0.5, 0.6) is 0 Å². The number of carbonyl (C=O) groups excluding carboxylic acids is 1. The molecule has 88 valence electrons. The first kappa shape index (κ1) is 12.7. The minimum Gasteiger partial charge on any atom is -0.288 e. The summed E-state index contributed by atoms with van der Waals surface area (Å²) in [5.41, 5.74) is 0.00579. The van der Waals surface area contributed by atoms with Crippen molar-refractivity contribution in [3.05, 3.63) is 54.9 Å². The Kier molecular flexibility index (Phi) is 3.66. The minimum atomic E-state index is -0.554. The van der Waals surface area contributed by atoms with Crippen LogP contribution in [0.3, 0.4) is 0 Å². The molecule has 0 N–H and O–H groups in total. The minimum absolute atomic E-state index is 0.00579. The molecule has 0 aliphatic heterocycles. The van der Waals surface area contributed by atoms with Crippen molar-refractivity contribution in [2.75, 3.05) is 0 Å². The van der Waals surface area contributed by atoms with Crippen molar-refractivity contribution >= 4 is 44.7 Å². The summed E-state index contributed by atoms with van der Waals surface area (Å²) in [6.07, 6.45) is 0. The molecule has 2 rings (SSSR count). The van der Waals surface area contributed by atoms with Crippen LogP contribution in [0.15, 0.2) is 28.7 Å². The van der Waals surface area contributed by atoms with Gasteiger partial charge in [0.2, 0.25) is 5.78 Å². The molecule has 1 heterocycles. The number of carbonyl (C=O) groups is 1. The molecule has 1 nitrogen and oxygen atoms in total. The number of halogens is 3. The molecule has 0 bridgehead atoms. The molecule has 0 radical (unpaired) electrons. The highest BCUT2D eigenvalue weighted by Crippen LogP contribution is 2.29. The zero-order valence-electron chi connectivity index (χ0n) is 8.76. The Morgan fingerprint density at radius 3 is 2.71 bits per heavy atom. The SMILES string of the molecule is Cc1sc(C(=O)c2cc(Cl)ccc2F)cc1Br. The Labute approximate surface area is 115 Å². The average molecular weight is 334 g/mol. The molecule has 0 aliphatic carbocycles. The number of rotatable bonds is 2. The first-order valence-electron chi connectivity index (χ1n) is 4.74. The second kappa shape index (κ2) is 4.88. The predicted molar refractivity (Wildman–Crippen MR) is 71.6 cm³/mol. The second-order valence-corrected chi connectivity index (χ2v) is 6.02. The second-order valence-electron chi connectivity index (χ2n) is 3.47. The Balaban J connectivity index is 2.47. The lowest BCUT2D eigenvalue weighted by atomic mass is 10.1. The van der Waals surface area contributed by atoms with Crippen LogP contribution < -0.4 is 0 Å². The van der Waals surface area contributed by atoms with E-state index < -0.39 is 5.82 Å². The van der Waals surface area contributed by atoms with E-state index in [1.54, 1.807) is 6.07 Å². The zero-order valence-corrected chi connectivity index (χ0v) is 11.9. The molecular weight excluding hydrogens is 327 g/mol. The van der Waals surface area contributed by atoms with E-state index in [0.29, 0.717) is 9.90 Å². The van der Waals surface area contributed by atoms with E-state index in [1.165, 1.54) is 29.5 Å². The fourth-order valence-electron chi connectivity index (χ4n) is 1.38. The summed E-state index contributed by atoms with van der Waals surface area (Å²) in [6.45, 7) is 1.89. The smallest absolute Gasteiger partial charge is 0.205 e. The zero-order chi connectivity index (χ0) is 12.6. The maximum Gasteiger partial charge on any atom is 0.205 e. The largest absolute Gasteiger partial charge is 0.288 e. The molecule has 0 fully saturated rings. The number of benzene rings is 1. The summed E-state index contributed by atoms with van der Waals surface area (Å²) < 4.78 is 14.4. The van der Waals surface area contributed by atoms with Crippen LogP contribution in [-0.2, 0) is 0 Å². The van der Waals surface area contributed by atoms with Crippen LogP contribution in [0.2, 0.25) is 5.02 Å². The summed E-state index contributed by atoms with van der Waals surface area (Å²) in [5.74, 6) is -0.898. The Bertz CT molecular complexity index is 575. The van der Waals surface area contributed by atoms with Gasteiger partial charge in [0.15, 0.2) is 0 Å². The van der Waals surface area contributed by atoms with Crippen molar-refractivity contribution in [1.82, 2.24) is 0 Å². The van der Waals surface area contributed by atoms with Gasteiger partial charge in [0.1, 0.15) is 5.82 Å². The summed E-state index contributed by atoms with van der Waals surface area (Å²) in [4.78, 5) is 13.6. The number of hydrogen-bond donors (Lipinski definition) is 0. The van der Waals surface area contributed by atoms with E-state index in [-0.39, 0.29) is 11.3 Å². The summed E-state index contributed by atoms with van der Waals surface area (Å²) in [7, 11) is 0. The molecule has 0 spiro atoms. The van der Waals surface area contributed by atoms with Crippen LogP contribution in [0.25, 0.3) is 0 Å².